The fourth-order valence-corrected chi connectivity index (χ4v) is 5.83. The van der Waals surface area contributed by atoms with Crippen LogP contribution in [0.2, 0.25) is 0 Å². The third kappa shape index (κ3) is 4.69. The number of carbonyl (C=O) groups excluding carboxylic acids is 1. The van der Waals surface area contributed by atoms with Gasteiger partial charge in [0.2, 0.25) is 0 Å². The number of hydrogen-bond acceptors (Lipinski definition) is 6. The summed E-state index contributed by atoms with van der Waals surface area (Å²) in [5.74, 6) is -2.75. The first-order chi connectivity index (χ1) is 13.3. The lowest BCUT2D eigenvalue weighted by Crippen LogP contribution is -2.68. The molecule has 162 valence electrons. The minimum atomic E-state index is -5.08. The smallest absolute Gasteiger partial charge is 0.475 e. The first-order valence-corrected chi connectivity index (χ1v) is 10.2. The Hall–Kier alpha value is -2.21. The zero-order valence-electron chi connectivity index (χ0n) is 15.8. The van der Waals surface area contributed by atoms with Gasteiger partial charge in [0.05, 0.1) is 17.9 Å². The van der Waals surface area contributed by atoms with E-state index < -0.39 is 26.7 Å². The Morgan fingerprint density at radius 1 is 1.34 bits per heavy atom. The zero-order valence-corrected chi connectivity index (χ0v) is 16.6. The number of carbonyl (C=O) groups is 2. The second-order valence-electron chi connectivity index (χ2n) is 6.98. The van der Waals surface area contributed by atoms with Gasteiger partial charge in [-0.3, -0.25) is 9.78 Å². The van der Waals surface area contributed by atoms with Crippen LogP contribution in [-0.2, 0) is 19.4 Å². The topological polar surface area (TPSA) is 114 Å². The monoisotopic (exact) mass is 438 g/mol. The number of pyridine rings is 1. The number of hydrogen-bond donors (Lipinski definition) is 1. The van der Waals surface area contributed by atoms with Gasteiger partial charge in [-0.15, -0.1) is 0 Å². The van der Waals surface area contributed by atoms with E-state index in [0.29, 0.717) is 18.6 Å². The Kier molecular flexibility index (Phi) is 6.58. The average Bonchev–Trinajstić information content (AvgIpc) is 2.84. The van der Waals surface area contributed by atoms with E-state index in [-0.39, 0.29) is 30.7 Å². The number of carboxylic acid groups (broad SMARTS) is 1. The van der Waals surface area contributed by atoms with Gasteiger partial charge in [0.25, 0.3) is 5.91 Å². The lowest BCUT2D eigenvalue weighted by atomic mass is 9.83. The summed E-state index contributed by atoms with van der Waals surface area (Å²) >= 11 is 0. The van der Waals surface area contributed by atoms with Crippen LogP contribution >= 0.6 is 0 Å². The summed E-state index contributed by atoms with van der Waals surface area (Å²) in [6, 6.07) is 3.51. The Morgan fingerprint density at radius 3 is 2.38 bits per heavy atom. The van der Waals surface area contributed by atoms with E-state index in [1.807, 2.05) is 6.92 Å². The number of aryl methyl sites for hydroxylation is 1. The van der Waals surface area contributed by atoms with Crippen LogP contribution in [0.1, 0.15) is 22.5 Å². The first kappa shape index (κ1) is 23.1. The van der Waals surface area contributed by atoms with Crippen LogP contribution in [0.4, 0.5) is 13.2 Å². The molecule has 1 aromatic heterocycles. The van der Waals surface area contributed by atoms with Crippen LogP contribution in [0.15, 0.2) is 18.3 Å². The molecule has 3 heterocycles. The Morgan fingerprint density at radius 2 is 1.93 bits per heavy atom. The highest BCUT2D eigenvalue weighted by atomic mass is 32.2. The van der Waals surface area contributed by atoms with E-state index in [1.54, 1.807) is 30.3 Å². The Bertz CT molecular complexity index is 864. The molecule has 1 unspecified atom stereocenters. The highest BCUT2D eigenvalue weighted by molar-refractivity contribution is 7.93. The van der Waals surface area contributed by atoms with E-state index >= 15 is 0 Å². The molecule has 0 radical (unpaired) electrons. The molecule has 2 aliphatic heterocycles. The summed E-state index contributed by atoms with van der Waals surface area (Å²) in [6.45, 7) is 2.80. The van der Waals surface area contributed by atoms with Gasteiger partial charge in [0.1, 0.15) is 4.75 Å². The summed E-state index contributed by atoms with van der Waals surface area (Å²) in [4.78, 5) is 27.0. The van der Waals surface area contributed by atoms with Crippen molar-refractivity contribution < 1.29 is 41.0 Å². The third-order valence-corrected chi connectivity index (χ3v) is 7.67. The quantitative estimate of drug-likeness (QED) is 0.757. The van der Waals surface area contributed by atoms with Gasteiger partial charge in [0, 0.05) is 38.0 Å². The lowest BCUT2D eigenvalue weighted by molar-refractivity contribution is -0.192. The normalized spacial score (nSPS) is 21.8. The van der Waals surface area contributed by atoms with Crippen LogP contribution < -0.4 is 0 Å². The molecule has 29 heavy (non-hydrogen) atoms. The second kappa shape index (κ2) is 8.27. The largest absolute Gasteiger partial charge is 0.490 e. The summed E-state index contributed by atoms with van der Waals surface area (Å²) < 4.78 is 60.9. The molecule has 2 saturated heterocycles. The standard InChI is InChI=1S/C15H20N2O4S.C2HF3O2/c1-11-3-4-12(7-16-11)14(18)17-9-15(10-17)13(8-21-2)5-6-22(15,19)20;3-2(4,5)1(6)7/h3-4,7,13H,5-6,8-10H2,1-2H3;(H,6,7). The molecule has 1 amide bonds. The summed E-state index contributed by atoms with van der Waals surface area (Å²) in [6.07, 6.45) is -2.93. The molecular formula is C17H21F3N2O6S. The van der Waals surface area contributed by atoms with Crippen molar-refractivity contribution in [2.45, 2.75) is 24.3 Å². The van der Waals surface area contributed by atoms with Gasteiger partial charge in [-0.2, -0.15) is 13.2 Å². The molecule has 8 nitrogen and oxygen atoms in total. The van der Waals surface area contributed by atoms with Crippen LogP contribution in [0.3, 0.4) is 0 Å². The number of amides is 1. The maximum Gasteiger partial charge on any atom is 0.490 e. The number of rotatable bonds is 3. The number of nitrogens with zero attached hydrogens (tertiary/aromatic N) is 2. The number of aliphatic carboxylic acids is 1. The number of carboxylic acids is 1. The molecule has 1 aromatic rings. The van der Waals surface area contributed by atoms with Crippen molar-refractivity contribution in [2.75, 3.05) is 32.6 Å². The summed E-state index contributed by atoms with van der Waals surface area (Å²) in [5, 5.41) is 7.12. The van der Waals surface area contributed by atoms with Crippen molar-refractivity contribution in [1.29, 1.82) is 0 Å². The van der Waals surface area contributed by atoms with Gasteiger partial charge in [-0.1, -0.05) is 0 Å². The predicted octanol–water partition coefficient (Wildman–Crippen LogP) is 1.30. The molecule has 12 heteroatoms. The molecule has 1 spiro atoms. The minimum Gasteiger partial charge on any atom is -0.475 e. The highest BCUT2D eigenvalue weighted by Gasteiger charge is 2.62. The number of alkyl halides is 3. The molecule has 2 aliphatic rings. The molecule has 1 N–H and O–H groups in total. The zero-order chi connectivity index (χ0) is 22.0. The van der Waals surface area contributed by atoms with Gasteiger partial charge in [0.15, 0.2) is 9.84 Å². The highest BCUT2D eigenvalue weighted by Crippen LogP contribution is 2.45. The summed E-state index contributed by atoms with van der Waals surface area (Å²) in [7, 11) is -1.58. The minimum absolute atomic E-state index is 0.0253. The Balaban J connectivity index is 0.000000370. The van der Waals surface area contributed by atoms with E-state index in [1.165, 1.54) is 0 Å². The number of halogens is 3. The van der Waals surface area contributed by atoms with Gasteiger partial charge < -0.3 is 14.7 Å². The van der Waals surface area contributed by atoms with E-state index in [9.17, 15) is 26.4 Å². The van der Waals surface area contributed by atoms with E-state index in [2.05, 4.69) is 4.98 Å². The summed E-state index contributed by atoms with van der Waals surface area (Å²) in [5.41, 5.74) is 1.34. The van der Waals surface area contributed by atoms with E-state index in [0.717, 1.165) is 5.69 Å². The van der Waals surface area contributed by atoms with Crippen LogP contribution in [0, 0.1) is 12.8 Å². The maximum atomic E-state index is 12.4. The maximum absolute atomic E-state index is 12.4. The molecule has 2 fully saturated rings. The van der Waals surface area contributed by atoms with Crippen LogP contribution in [0.25, 0.3) is 0 Å². The van der Waals surface area contributed by atoms with Crippen LogP contribution in [0.5, 0.6) is 0 Å². The number of aromatic nitrogens is 1. The number of sulfone groups is 1. The predicted molar refractivity (Wildman–Crippen MR) is 95.1 cm³/mol. The molecular weight excluding hydrogens is 417 g/mol. The van der Waals surface area contributed by atoms with Crippen molar-refractivity contribution in [1.82, 2.24) is 9.88 Å². The molecule has 1 atom stereocenters. The number of methoxy groups -OCH3 is 1. The lowest BCUT2D eigenvalue weighted by Gasteiger charge is -2.49. The third-order valence-electron chi connectivity index (χ3n) is 5.07. The molecule has 3 rings (SSSR count). The fraction of sp³-hybridized carbons (Fsp3) is 0.588. The van der Waals surface area contributed by atoms with Gasteiger partial charge in [-0.05, 0) is 25.5 Å². The second-order valence-corrected chi connectivity index (χ2v) is 9.43. The van der Waals surface area contributed by atoms with Gasteiger partial charge >= 0.3 is 12.1 Å². The average molecular weight is 438 g/mol. The van der Waals surface area contributed by atoms with Gasteiger partial charge in [-0.25, -0.2) is 13.2 Å². The first-order valence-electron chi connectivity index (χ1n) is 8.57. The molecule has 0 bridgehead atoms. The molecule has 0 aliphatic carbocycles. The SMILES string of the molecule is COCC1CCS(=O)(=O)C12CN(C(=O)c1ccc(C)nc1)C2.O=C(O)C(F)(F)F. The van der Waals surface area contributed by atoms with Crippen molar-refractivity contribution in [3.63, 3.8) is 0 Å². The number of ether oxygens (including phenoxy) is 1. The van der Waals surface area contributed by atoms with E-state index in [4.69, 9.17) is 14.6 Å². The molecule has 0 saturated carbocycles. The fourth-order valence-electron chi connectivity index (χ4n) is 3.43. The van der Waals surface area contributed by atoms with Crippen molar-refractivity contribution in [2.24, 2.45) is 5.92 Å². The Labute approximate surface area is 165 Å². The molecule has 0 aromatic carbocycles. The van der Waals surface area contributed by atoms with Crippen molar-refractivity contribution in [3.05, 3.63) is 29.6 Å². The van der Waals surface area contributed by atoms with Crippen molar-refractivity contribution >= 4 is 21.7 Å². The van der Waals surface area contributed by atoms with Crippen molar-refractivity contribution in [3.8, 4) is 0 Å². The van der Waals surface area contributed by atoms with Crippen LogP contribution in [-0.4, -0.2) is 78.8 Å². The number of likely N-dealkylation sites (tertiary alicyclic amines) is 1.